The zero-order valence-corrected chi connectivity index (χ0v) is 12.7. The molecule has 3 unspecified atom stereocenters. The molecule has 1 heteroatoms. The molecule has 110 valence electrons. The summed E-state index contributed by atoms with van der Waals surface area (Å²) in [6.45, 7) is 7.56. The highest BCUT2D eigenvalue weighted by Gasteiger charge is 2.34. The predicted molar refractivity (Wildman–Crippen MR) is 88.5 cm³/mol. The molecular weight excluding hydrogens is 242 g/mol. The van der Waals surface area contributed by atoms with Crippen LogP contribution in [-0.4, -0.2) is 6.04 Å². The zero-order valence-electron chi connectivity index (χ0n) is 12.7. The first-order chi connectivity index (χ1) is 9.85. The van der Waals surface area contributed by atoms with E-state index in [0.717, 1.165) is 24.3 Å². The molecule has 0 saturated heterocycles. The molecule has 1 N–H and O–H groups in total. The molecule has 0 aromatic heterocycles. The highest BCUT2D eigenvalue weighted by molar-refractivity contribution is 5.11. The number of nitrogens with one attached hydrogen (secondary N) is 1. The van der Waals surface area contributed by atoms with Gasteiger partial charge in [-0.15, -0.1) is 6.58 Å². The van der Waals surface area contributed by atoms with E-state index in [9.17, 15) is 0 Å². The van der Waals surface area contributed by atoms with Gasteiger partial charge in [0.05, 0.1) is 0 Å². The SMILES string of the molecule is C=CC=CCC1CCCC2NC(CCCC=C)=CCC12. The molecule has 2 rings (SSSR count). The van der Waals surface area contributed by atoms with Gasteiger partial charge in [-0.25, -0.2) is 0 Å². The van der Waals surface area contributed by atoms with E-state index >= 15 is 0 Å². The third-order valence-electron chi connectivity index (χ3n) is 4.78. The summed E-state index contributed by atoms with van der Waals surface area (Å²) in [5, 5.41) is 3.82. The molecule has 1 aliphatic heterocycles. The van der Waals surface area contributed by atoms with Crippen LogP contribution in [0.25, 0.3) is 0 Å². The summed E-state index contributed by atoms with van der Waals surface area (Å²) in [6, 6.07) is 0.717. The van der Waals surface area contributed by atoms with Crippen LogP contribution in [0.5, 0.6) is 0 Å². The Labute approximate surface area is 124 Å². The van der Waals surface area contributed by atoms with E-state index in [0.29, 0.717) is 0 Å². The zero-order chi connectivity index (χ0) is 14.2. The Morgan fingerprint density at radius 3 is 3.00 bits per heavy atom. The fourth-order valence-corrected chi connectivity index (χ4v) is 3.72. The Kier molecular flexibility index (Phi) is 6.17. The average molecular weight is 271 g/mol. The number of hydrogen-bond donors (Lipinski definition) is 1. The number of hydrogen-bond acceptors (Lipinski definition) is 1. The van der Waals surface area contributed by atoms with Gasteiger partial charge in [-0.3, -0.25) is 0 Å². The maximum atomic E-state index is 3.82. The van der Waals surface area contributed by atoms with Crippen LogP contribution >= 0.6 is 0 Å². The van der Waals surface area contributed by atoms with Gasteiger partial charge < -0.3 is 5.32 Å². The van der Waals surface area contributed by atoms with Crippen LogP contribution < -0.4 is 5.32 Å². The van der Waals surface area contributed by atoms with Crippen LogP contribution in [0.2, 0.25) is 0 Å². The molecule has 1 heterocycles. The third kappa shape index (κ3) is 4.13. The first-order valence-corrected chi connectivity index (χ1v) is 8.19. The molecule has 1 aliphatic carbocycles. The van der Waals surface area contributed by atoms with Crippen molar-refractivity contribution in [1.29, 1.82) is 0 Å². The summed E-state index contributed by atoms with van der Waals surface area (Å²) in [5.41, 5.74) is 1.48. The lowest BCUT2D eigenvalue weighted by atomic mass is 9.71. The summed E-state index contributed by atoms with van der Waals surface area (Å²) in [6.07, 6.45) is 20.9. The monoisotopic (exact) mass is 271 g/mol. The van der Waals surface area contributed by atoms with Gasteiger partial charge in [-0.2, -0.15) is 0 Å². The van der Waals surface area contributed by atoms with E-state index in [-0.39, 0.29) is 0 Å². The molecule has 3 atom stereocenters. The van der Waals surface area contributed by atoms with Gasteiger partial charge in [-0.05, 0) is 56.8 Å². The van der Waals surface area contributed by atoms with Crippen LogP contribution in [0, 0.1) is 11.8 Å². The molecule has 1 fully saturated rings. The molecule has 0 aromatic carbocycles. The highest BCUT2D eigenvalue weighted by atomic mass is 14.9. The second kappa shape index (κ2) is 8.14. The molecule has 20 heavy (non-hydrogen) atoms. The Hall–Kier alpha value is -1.24. The average Bonchev–Trinajstić information content (AvgIpc) is 2.48. The first kappa shape index (κ1) is 15.2. The number of fused-ring (bicyclic) bond motifs is 1. The fourth-order valence-electron chi connectivity index (χ4n) is 3.72. The second-order valence-corrected chi connectivity index (χ2v) is 6.15. The molecule has 0 aromatic rings. The van der Waals surface area contributed by atoms with Crippen LogP contribution in [0.1, 0.15) is 51.4 Å². The molecular formula is C19H29N. The van der Waals surface area contributed by atoms with Crippen molar-refractivity contribution in [2.45, 2.75) is 57.4 Å². The van der Waals surface area contributed by atoms with E-state index in [1.165, 1.54) is 50.6 Å². The Bertz CT molecular complexity index is 377. The lowest BCUT2D eigenvalue weighted by Crippen LogP contribution is -2.44. The quantitative estimate of drug-likeness (QED) is 0.384. The van der Waals surface area contributed by atoms with Gasteiger partial charge in [0.15, 0.2) is 0 Å². The minimum atomic E-state index is 0.717. The van der Waals surface area contributed by atoms with Crippen molar-refractivity contribution >= 4 is 0 Å². The molecule has 0 radical (unpaired) electrons. The van der Waals surface area contributed by atoms with Gasteiger partial charge in [0.2, 0.25) is 0 Å². The molecule has 0 bridgehead atoms. The Balaban J connectivity index is 1.89. The summed E-state index contributed by atoms with van der Waals surface area (Å²) in [5.74, 6) is 1.68. The van der Waals surface area contributed by atoms with Gasteiger partial charge in [0.1, 0.15) is 0 Å². The van der Waals surface area contributed by atoms with Gasteiger partial charge in [0.25, 0.3) is 0 Å². The van der Waals surface area contributed by atoms with Crippen molar-refractivity contribution in [2.75, 3.05) is 0 Å². The lowest BCUT2D eigenvalue weighted by Gasteiger charge is -2.42. The maximum absolute atomic E-state index is 3.82. The van der Waals surface area contributed by atoms with Crippen LogP contribution in [0.3, 0.4) is 0 Å². The Morgan fingerprint density at radius 1 is 1.30 bits per heavy atom. The normalized spacial score (nSPS) is 29.4. The van der Waals surface area contributed by atoms with Crippen LogP contribution in [0.4, 0.5) is 0 Å². The summed E-state index contributed by atoms with van der Waals surface area (Å²) in [7, 11) is 0. The largest absolute Gasteiger partial charge is 0.386 e. The maximum Gasteiger partial charge on any atom is 0.0292 e. The van der Waals surface area contributed by atoms with E-state index in [4.69, 9.17) is 0 Å². The molecule has 0 amide bonds. The number of unbranched alkanes of at least 4 members (excludes halogenated alkanes) is 1. The topological polar surface area (TPSA) is 12.0 Å². The minimum Gasteiger partial charge on any atom is -0.386 e. The van der Waals surface area contributed by atoms with Crippen molar-refractivity contribution in [3.05, 3.63) is 49.2 Å². The van der Waals surface area contributed by atoms with Gasteiger partial charge >= 0.3 is 0 Å². The lowest BCUT2D eigenvalue weighted by molar-refractivity contribution is 0.176. The van der Waals surface area contributed by atoms with Crippen LogP contribution in [0.15, 0.2) is 49.2 Å². The predicted octanol–water partition coefficient (Wildman–Crippen LogP) is 5.14. The van der Waals surface area contributed by atoms with Crippen molar-refractivity contribution < 1.29 is 0 Å². The summed E-state index contributed by atoms with van der Waals surface area (Å²) < 4.78 is 0. The number of rotatable bonds is 7. The minimum absolute atomic E-state index is 0.717. The van der Waals surface area contributed by atoms with Crippen molar-refractivity contribution in [3.63, 3.8) is 0 Å². The van der Waals surface area contributed by atoms with E-state index < -0.39 is 0 Å². The Morgan fingerprint density at radius 2 is 2.20 bits per heavy atom. The first-order valence-electron chi connectivity index (χ1n) is 8.19. The molecule has 2 aliphatic rings. The molecule has 1 saturated carbocycles. The standard InChI is InChI=1S/C19H29N/c1-3-5-7-10-16-11-9-13-19-18(16)15-14-17(20-19)12-8-6-4-2/h3-5,7,14,16,18-20H,1-2,6,8-13,15H2. The van der Waals surface area contributed by atoms with Crippen LogP contribution in [-0.2, 0) is 0 Å². The third-order valence-corrected chi connectivity index (χ3v) is 4.78. The van der Waals surface area contributed by atoms with Crippen molar-refractivity contribution in [1.82, 2.24) is 5.32 Å². The van der Waals surface area contributed by atoms with Gasteiger partial charge in [0, 0.05) is 11.7 Å². The smallest absolute Gasteiger partial charge is 0.0292 e. The fraction of sp³-hybridized carbons (Fsp3) is 0.579. The summed E-state index contributed by atoms with van der Waals surface area (Å²) >= 11 is 0. The second-order valence-electron chi connectivity index (χ2n) is 6.15. The molecule has 1 nitrogen and oxygen atoms in total. The van der Waals surface area contributed by atoms with E-state index in [1.807, 2.05) is 12.2 Å². The van der Waals surface area contributed by atoms with Crippen molar-refractivity contribution in [3.8, 4) is 0 Å². The molecule has 0 spiro atoms. The summed E-state index contributed by atoms with van der Waals surface area (Å²) in [4.78, 5) is 0. The van der Waals surface area contributed by atoms with E-state index in [1.54, 1.807) is 0 Å². The number of allylic oxidation sites excluding steroid dienone is 6. The van der Waals surface area contributed by atoms with Crippen molar-refractivity contribution in [2.24, 2.45) is 11.8 Å². The highest BCUT2D eigenvalue weighted by Crippen LogP contribution is 2.38. The van der Waals surface area contributed by atoms with Gasteiger partial charge in [-0.1, -0.05) is 43.4 Å². The van der Waals surface area contributed by atoms with E-state index in [2.05, 4.69) is 36.7 Å².